The minimum atomic E-state index is -4.46. The van der Waals surface area contributed by atoms with E-state index >= 15 is 0 Å². The second-order valence-corrected chi connectivity index (χ2v) is 11.1. The van der Waals surface area contributed by atoms with Crippen LogP contribution in [0.15, 0.2) is 0 Å². The van der Waals surface area contributed by atoms with Gasteiger partial charge in [0.15, 0.2) is 0 Å². The topological polar surface area (TPSA) is 111 Å². The van der Waals surface area contributed by atoms with Crippen LogP contribution in [0.3, 0.4) is 0 Å². The van der Waals surface area contributed by atoms with Crippen LogP contribution in [-0.4, -0.2) is 70.5 Å². The molecule has 0 spiro atoms. The van der Waals surface area contributed by atoms with Gasteiger partial charge in [-0.1, -0.05) is 50.0 Å². The zero-order valence-electron chi connectivity index (χ0n) is 20.5. The number of likely N-dealkylation sites (N-methyl/N-ethyl adjacent to an activating group) is 1. The first-order valence-electron chi connectivity index (χ1n) is 10.8. The lowest BCUT2D eigenvalue weighted by Crippen LogP contribution is -2.39. The molecule has 0 heterocycles. The van der Waals surface area contributed by atoms with Crippen molar-refractivity contribution in [2.75, 3.05) is 54.1 Å². The third kappa shape index (κ3) is 18.9. The molecule has 0 amide bonds. The van der Waals surface area contributed by atoms with Crippen LogP contribution >= 0.6 is 7.82 Å². The number of carbonyl (C=O) groups excluding carboxylic acids is 2. The molecule has 0 rings (SSSR count). The average Bonchev–Trinajstić information content (AvgIpc) is 2.63. The van der Waals surface area contributed by atoms with E-state index in [4.69, 9.17) is 18.5 Å². The summed E-state index contributed by atoms with van der Waals surface area (Å²) in [5, 5.41) is 0. The number of carbonyl (C=O) groups is 2. The van der Waals surface area contributed by atoms with Crippen LogP contribution in [0.25, 0.3) is 0 Å². The number of nitrogens with zero attached hydrogens (tertiary/aromatic N) is 1. The minimum Gasteiger partial charge on any atom is -0.756 e. The maximum Gasteiger partial charge on any atom is 0.311 e. The highest BCUT2D eigenvalue weighted by atomic mass is 31.2. The summed E-state index contributed by atoms with van der Waals surface area (Å²) in [6.07, 6.45) is 2.41. The summed E-state index contributed by atoms with van der Waals surface area (Å²) in [6, 6.07) is 0. The average molecular weight is 532 g/mol. The maximum absolute atomic E-state index is 12.7. The summed E-state index contributed by atoms with van der Waals surface area (Å²) in [5.41, 5.74) is -1.78. The Morgan fingerprint density at radius 3 is 1.77 bits per heavy atom. The molecule has 0 aliphatic rings. The monoisotopic (exact) mass is 531 g/mol. The highest BCUT2D eigenvalue weighted by Gasteiger charge is 2.42. The molecule has 0 N–H and O–H groups in total. The van der Waals surface area contributed by atoms with E-state index in [-0.39, 0.29) is 61.9 Å². The van der Waals surface area contributed by atoms with Crippen molar-refractivity contribution in [3.63, 3.8) is 0 Å². The van der Waals surface area contributed by atoms with E-state index in [0.717, 1.165) is 12.8 Å². The molecule has 0 saturated heterocycles. The Morgan fingerprint density at radius 2 is 1.31 bits per heavy atom. The summed E-state index contributed by atoms with van der Waals surface area (Å²) in [6.45, 7) is 9.34. The molecule has 0 aliphatic heterocycles. The third-order valence-corrected chi connectivity index (χ3v) is 5.96. The number of ether oxygens (including phenoxy) is 2. The van der Waals surface area contributed by atoms with Crippen LogP contribution in [-0.2, 0) is 32.7 Å². The van der Waals surface area contributed by atoms with E-state index in [1.807, 2.05) is 35.0 Å². The summed E-state index contributed by atoms with van der Waals surface area (Å²) >= 11 is 0. The van der Waals surface area contributed by atoms with Crippen molar-refractivity contribution in [1.82, 2.24) is 0 Å². The van der Waals surface area contributed by atoms with Gasteiger partial charge in [-0.05, 0) is 40.0 Å². The molecule has 0 aromatic rings. The minimum absolute atomic E-state index is 0. The summed E-state index contributed by atoms with van der Waals surface area (Å²) in [5.74, 6) is -0.866. The van der Waals surface area contributed by atoms with Gasteiger partial charge in [-0.25, -0.2) is 0 Å². The first-order chi connectivity index (χ1) is 14.1. The van der Waals surface area contributed by atoms with E-state index in [0.29, 0.717) is 24.1 Å². The van der Waals surface area contributed by atoms with Gasteiger partial charge in [0.05, 0.1) is 45.2 Å². The van der Waals surface area contributed by atoms with Gasteiger partial charge in [-0.2, -0.15) is 0 Å². The summed E-state index contributed by atoms with van der Waals surface area (Å²) in [7, 11) is 1.28. The van der Waals surface area contributed by atoms with E-state index in [1.165, 1.54) is 0 Å². The van der Waals surface area contributed by atoms with Gasteiger partial charge in [0.2, 0.25) is 0 Å². The SMILES string of the molecule is C.C.C.C.CCCCOC(=O)C(C)(C)CC(C)(CC)C(=O)OCCOP(=O)([O-])OCC[N+](C)(C)C. The molecule has 2 atom stereocenters. The van der Waals surface area contributed by atoms with Gasteiger partial charge in [-0.15, -0.1) is 0 Å². The number of phosphoric ester groups is 1. The van der Waals surface area contributed by atoms with Gasteiger partial charge in [-0.3, -0.25) is 14.2 Å². The zero-order valence-corrected chi connectivity index (χ0v) is 21.4. The molecule has 2 unspecified atom stereocenters. The molecule has 10 heteroatoms. The lowest BCUT2D eigenvalue weighted by molar-refractivity contribution is -0.870. The Morgan fingerprint density at radius 1 is 0.829 bits per heavy atom. The molecular weight excluding hydrogens is 473 g/mol. The van der Waals surface area contributed by atoms with Crippen molar-refractivity contribution in [3.8, 4) is 0 Å². The normalized spacial score (nSPS) is 14.4. The van der Waals surface area contributed by atoms with Crippen LogP contribution in [0.1, 0.15) is 90.0 Å². The van der Waals surface area contributed by atoms with Crippen molar-refractivity contribution >= 4 is 19.8 Å². The molecule has 0 bridgehead atoms. The second-order valence-electron chi connectivity index (χ2n) is 9.73. The molecule has 216 valence electrons. The smallest absolute Gasteiger partial charge is 0.311 e. The number of hydrogen-bond donors (Lipinski definition) is 0. The molecule has 35 heavy (non-hydrogen) atoms. The summed E-state index contributed by atoms with van der Waals surface area (Å²) < 4.78 is 32.4. The molecule has 0 aromatic carbocycles. The highest BCUT2D eigenvalue weighted by Crippen LogP contribution is 2.39. The van der Waals surface area contributed by atoms with Crippen molar-refractivity contribution < 1.29 is 42.1 Å². The highest BCUT2D eigenvalue weighted by molar-refractivity contribution is 7.45. The molecule has 0 aromatic heterocycles. The van der Waals surface area contributed by atoms with Gasteiger partial charge in [0.25, 0.3) is 7.82 Å². The Bertz CT molecular complexity index is 619. The molecule has 9 nitrogen and oxygen atoms in total. The number of unbranched alkanes of at least 4 members (excludes halogenated alkanes) is 1. The Kier molecular flexibility index (Phi) is 24.1. The van der Waals surface area contributed by atoms with E-state index in [9.17, 15) is 19.0 Å². The number of rotatable bonds is 16. The first-order valence-corrected chi connectivity index (χ1v) is 12.3. The standard InChI is InChI=1S/C21H42NO8P.4CH4/c1-9-11-13-27-18(23)20(3,4)17-21(5,10-2)19(24)28-15-16-30-31(25,26)29-14-12-22(6,7)8;;;;/h9-17H2,1-8H3;4*1H4. The van der Waals surface area contributed by atoms with Crippen molar-refractivity contribution in [2.45, 2.75) is 90.0 Å². The maximum atomic E-state index is 12.7. The number of quaternary nitrogens is 1. The van der Waals surface area contributed by atoms with Crippen LogP contribution in [0, 0.1) is 10.8 Å². The fourth-order valence-corrected chi connectivity index (χ4v) is 3.49. The van der Waals surface area contributed by atoms with Crippen LogP contribution in [0.2, 0.25) is 0 Å². The molecular formula is C25H58NO8P. The van der Waals surface area contributed by atoms with E-state index in [2.05, 4.69) is 0 Å². The molecule has 0 fully saturated rings. The van der Waals surface area contributed by atoms with Gasteiger partial charge < -0.3 is 27.9 Å². The number of phosphoric acid groups is 1. The van der Waals surface area contributed by atoms with Crippen molar-refractivity contribution in [3.05, 3.63) is 0 Å². The van der Waals surface area contributed by atoms with Crippen molar-refractivity contribution in [1.29, 1.82) is 0 Å². The molecule has 0 radical (unpaired) electrons. The number of esters is 2. The molecule has 0 saturated carbocycles. The predicted molar refractivity (Wildman–Crippen MR) is 143 cm³/mol. The Labute approximate surface area is 217 Å². The fraction of sp³-hybridized carbons (Fsp3) is 0.920. The quantitative estimate of drug-likeness (QED) is 0.112. The third-order valence-electron chi connectivity index (χ3n) is 4.97. The first kappa shape index (κ1) is 44.0. The van der Waals surface area contributed by atoms with Crippen LogP contribution < -0.4 is 4.89 Å². The predicted octanol–water partition coefficient (Wildman–Crippen LogP) is 5.46. The van der Waals surface area contributed by atoms with Gasteiger partial charge in [0, 0.05) is 0 Å². The van der Waals surface area contributed by atoms with Gasteiger partial charge >= 0.3 is 11.9 Å². The summed E-state index contributed by atoms with van der Waals surface area (Å²) in [4.78, 5) is 36.8. The largest absolute Gasteiger partial charge is 0.756 e. The Hall–Kier alpha value is -0.990. The lowest BCUT2D eigenvalue weighted by atomic mass is 9.72. The lowest BCUT2D eigenvalue weighted by Gasteiger charge is -2.33. The van der Waals surface area contributed by atoms with Crippen LogP contribution in [0.5, 0.6) is 0 Å². The van der Waals surface area contributed by atoms with E-state index in [1.54, 1.807) is 20.8 Å². The second kappa shape index (κ2) is 19.2. The number of hydrogen-bond acceptors (Lipinski definition) is 8. The van der Waals surface area contributed by atoms with E-state index < -0.39 is 24.6 Å². The van der Waals surface area contributed by atoms with Crippen LogP contribution in [0.4, 0.5) is 0 Å². The molecule has 0 aliphatic carbocycles. The van der Waals surface area contributed by atoms with Crippen molar-refractivity contribution in [2.24, 2.45) is 10.8 Å². The fourth-order valence-electron chi connectivity index (χ4n) is 2.82. The Balaban J connectivity index is -0.000000750. The zero-order chi connectivity index (χ0) is 24.3. The van der Waals surface area contributed by atoms with Gasteiger partial charge in [0.1, 0.15) is 19.8 Å².